The van der Waals surface area contributed by atoms with Gasteiger partial charge >= 0.3 is 0 Å². The molecule has 0 unspecified atom stereocenters. The Balaban J connectivity index is 1.16. The van der Waals surface area contributed by atoms with Gasteiger partial charge in [-0.3, -0.25) is 9.11 Å². The van der Waals surface area contributed by atoms with Crippen LogP contribution in [-0.2, 0) is 29.7 Å². The fraction of sp³-hybridized carbons (Fsp3) is 0.200. The molecule has 6 N–H and O–H groups in total. The molecule has 0 spiro atoms. The van der Waals surface area contributed by atoms with Crippen LogP contribution in [0.5, 0.6) is 0 Å². The van der Waals surface area contributed by atoms with Crippen molar-refractivity contribution in [3.05, 3.63) is 102 Å². The van der Waals surface area contributed by atoms with E-state index in [1.54, 1.807) is 6.07 Å². The number of para-hydroxylation sites is 2. The van der Waals surface area contributed by atoms with Crippen molar-refractivity contribution in [3.63, 3.8) is 0 Å². The maximum absolute atomic E-state index is 13.0. The summed E-state index contributed by atoms with van der Waals surface area (Å²) in [5.74, 6) is 1.13. The molecule has 4 heterocycles. The van der Waals surface area contributed by atoms with E-state index in [2.05, 4.69) is 40.5 Å². The number of aromatic nitrogens is 6. The van der Waals surface area contributed by atoms with Crippen LogP contribution in [0.1, 0.15) is 11.1 Å². The molecule has 0 saturated carbocycles. The van der Waals surface area contributed by atoms with E-state index in [1.807, 2.05) is 70.5 Å². The first-order valence-electron chi connectivity index (χ1n) is 18.9. The lowest BCUT2D eigenvalue weighted by molar-refractivity contribution is 0.122. The molecule has 2 aromatic heterocycles. The van der Waals surface area contributed by atoms with E-state index in [-0.39, 0.29) is 51.5 Å². The quantitative estimate of drug-likeness (QED) is 0.0629. The van der Waals surface area contributed by atoms with Crippen LogP contribution in [0.3, 0.4) is 0 Å². The van der Waals surface area contributed by atoms with Crippen LogP contribution in [0.4, 0.5) is 40.9 Å². The summed E-state index contributed by atoms with van der Waals surface area (Å²) in [7, 11) is -9.89. The Morgan fingerprint density at radius 2 is 1.08 bits per heavy atom. The highest BCUT2D eigenvalue weighted by atomic mass is 32.2. The SMILES string of the molecule is Nc1c(-c2nc(Nc3ccccc3)nc(N3CCOCC3)n2)ccc(C=Cc2ccc(-c3nc(Nc4ccccc4)nc(N4CCOCC4)n3)cc2S(=O)(=O)O)c1S(=O)(=O)O. The highest BCUT2D eigenvalue weighted by molar-refractivity contribution is 7.86. The first-order chi connectivity index (χ1) is 29.4. The van der Waals surface area contributed by atoms with Gasteiger partial charge in [-0.05, 0) is 47.5 Å². The van der Waals surface area contributed by atoms with E-state index >= 15 is 0 Å². The van der Waals surface area contributed by atoms with Gasteiger partial charge in [0.2, 0.25) is 23.8 Å². The minimum atomic E-state index is -5.01. The number of nitrogen functional groups attached to an aromatic ring is 1. The number of nitrogens with two attached hydrogens (primary N) is 1. The molecule has 19 nitrogen and oxygen atoms in total. The summed E-state index contributed by atoms with van der Waals surface area (Å²) in [6.45, 7) is 3.84. The lowest BCUT2D eigenvalue weighted by Crippen LogP contribution is -2.37. The third kappa shape index (κ3) is 9.72. The van der Waals surface area contributed by atoms with Gasteiger partial charge in [0.05, 0.1) is 32.1 Å². The lowest BCUT2D eigenvalue weighted by Gasteiger charge is -2.27. The van der Waals surface area contributed by atoms with E-state index in [1.165, 1.54) is 36.4 Å². The normalized spacial score (nSPS) is 14.9. The van der Waals surface area contributed by atoms with Gasteiger partial charge in [-0.2, -0.15) is 46.7 Å². The van der Waals surface area contributed by atoms with Crippen molar-refractivity contribution in [3.8, 4) is 22.8 Å². The third-order valence-electron chi connectivity index (χ3n) is 9.61. The van der Waals surface area contributed by atoms with Crippen LogP contribution < -0.4 is 26.2 Å². The molecule has 0 radical (unpaired) electrons. The van der Waals surface area contributed by atoms with Crippen LogP contribution in [0.25, 0.3) is 34.9 Å². The van der Waals surface area contributed by atoms with Gasteiger partial charge in [-0.15, -0.1) is 0 Å². The summed E-state index contributed by atoms with van der Waals surface area (Å²) in [5, 5.41) is 6.29. The van der Waals surface area contributed by atoms with Crippen molar-refractivity contribution in [1.82, 2.24) is 29.9 Å². The Morgan fingerprint density at radius 1 is 0.590 bits per heavy atom. The van der Waals surface area contributed by atoms with Crippen molar-refractivity contribution in [2.75, 3.05) is 78.8 Å². The summed E-state index contributed by atoms with van der Waals surface area (Å²) in [6.07, 6.45) is 2.52. The fourth-order valence-electron chi connectivity index (χ4n) is 6.65. The third-order valence-corrected chi connectivity index (χ3v) is 11.5. The largest absolute Gasteiger partial charge is 0.397 e. The molecule has 4 aromatic carbocycles. The number of nitrogens with one attached hydrogen (secondary N) is 2. The summed E-state index contributed by atoms with van der Waals surface area (Å²) in [4.78, 5) is 30.2. The number of nitrogens with zero attached hydrogens (tertiary/aromatic N) is 8. The van der Waals surface area contributed by atoms with Crippen molar-refractivity contribution >= 4 is 73.2 Å². The van der Waals surface area contributed by atoms with Gasteiger partial charge in [0, 0.05) is 48.7 Å². The van der Waals surface area contributed by atoms with Crippen LogP contribution in [0, 0.1) is 0 Å². The fourth-order valence-corrected chi connectivity index (χ4v) is 8.18. The second-order valence-electron chi connectivity index (χ2n) is 13.7. The van der Waals surface area contributed by atoms with Crippen molar-refractivity contribution < 1.29 is 35.4 Å². The molecular weight excluding hydrogens is 827 g/mol. The van der Waals surface area contributed by atoms with E-state index in [4.69, 9.17) is 15.2 Å². The predicted octanol–water partition coefficient (Wildman–Crippen LogP) is 4.80. The maximum Gasteiger partial charge on any atom is 0.297 e. The number of ether oxygens (including phenoxy) is 2. The lowest BCUT2D eigenvalue weighted by atomic mass is 10.1. The molecule has 2 saturated heterocycles. The van der Waals surface area contributed by atoms with Crippen molar-refractivity contribution in [2.45, 2.75) is 9.79 Å². The monoisotopic (exact) mass is 865 g/mol. The molecular formula is C40H39N11O8S2. The molecule has 6 aromatic rings. The standard InChI is InChI=1S/C40H39N11O8S2/c41-33-31(36-45-38(43-30-9-5-2-6-10-30)49-40(47-36)51-19-23-59-24-20-51)16-15-27(34(33)61(55,56)57)13-11-26-12-14-28(25-32(26)60(52,53)54)35-44-37(42-29-7-3-1-4-8-29)48-39(46-35)50-17-21-58-22-18-50/h1-16,25H,17-24,41H2,(H,52,53,54)(H,55,56,57)(H,42,44,46,48)(H,43,45,47,49). The molecule has 21 heteroatoms. The second-order valence-corrected chi connectivity index (χ2v) is 16.5. The van der Waals surface area contributed by atoms with Gasteiger partial charge < -0.3 is 35.6 Å². The van der Waals surface area contributed by atoms with E-state index in [9.17, 15) is 25.9 Å². The predicted molar refractivity (Wildman–Crippen MR) is 229 cm³/mol. The van der Waals surface area contributed by atoms with Gasteiger partial charge in [-0.1, -0.05) is 66.7 Å². The van der Waals surface area contributed by atoms with E-state index in [0.29, 0.717) is 75.9 Å². The van der Waals surface area contributed by atoms with Gasteiger partial charge in [0.25, 0.3) is 20.2 Å². The molecule has 0 amide bonds. The Morgan fingerprint density at radius 3 is 1.61 bits per heavy atom. The number of hydrogen-bond acceptors (Lipinski definition) is 17. The molecule has 61 heavy (non-hydrogen) atoms. The molecule has 8 rings (SSSR count). The molecule has 2 aliphatic heterocycles. The first kappa shape index (κ1) is 41.1. The maximum atomic E-state index is 13.0. The molecule has 0 bridgehead atoms. The number of benzene rings is 4. The van der Waals surface area contributed by atoms with Gasteiger partial charge in [-0.25, -0.2) is 0 Å². The Hall–Kier alpha value is -6.62. The van der Waals surface area contributed by atoms with Crippen LogP contribution >= 0.6 is 0 Å². The summed E-state index contributed by atoms with van der Waals surface area (Å²) in [5.41, 5.74) is 7.74. The Bertz CT molecular complexity index is 2810. The number of hydrogen-bond donors (Lipinski definition) is 5. The van der Waals surface area contributed by atoms with E-state index in [0.717, 1.165) is 0 Å². The molecule has 2 fully saturated rings. The minimum Gasteiger partial charge on any atom is -0.397 e. The zero-order chi connectivity index (χ0) is 42.6. The van der Waals surface area contributed by atoms with Crippen LogP contribution in [-0.4, -0.2) is 108 Å². The van der Waals surface area contributed by atoms with Crippen molar-refractivity contribution in [2.24, 2.45) is 0 Å². The zero-order valence-corrected chi connectivity index (χ0v) is 33.9. The van der Waals surface area contributed by atoms with Gasteiger partial charge in [0.1, 0.15) is 9.79 Å². The van der Waals surface area contributed by atoms with Crippen LogP contribution in [0.15, 0.2) is 101 Å². The average molecular weight is 866 g/mol. The number of morpholine rings is 2. The Kier molecular flexibility index (Phi) is 11.8. The topological polar surface area (TPSA) is 261 Å². The molecule has 2 aliphatic rings. The molecule has 0 atom stereocenters. The minimum absolute atomic E-state index is 0.0225. The molecule has 314 valence electrons. The highest BCUT2D eigenvalue weighted by Gasteiger charge is 2.26. The first-order valence-corrected chi connectivity index (χ1v) is 21.8. The van der Waals surface area contributed by atoms with Crippen molar-refractivity contribution in [1.29, 1.82) is 0 Å². The smallest absolute Gasteiger partial charge is 0.297 e. The number of rotatable bonds is 12. The second kappa shape index (κ2) is 17.5. The van der Waals surface area contributed by atoms with Gasteiger partial charge in [0.15, 0.2) is 11.6 Å². The zero-order valence-electron chi connectivity index (χ0n) is 32.3. The highest BCUT2D eigenvalue weighted by Crippen LogP contribution is 2.35. The summed E-state index contributed by atoms with van der Waals surface area (Å²) in [6, 6.07) is 25.4. The number of anilines is 7. The summed E-state index contributed by atoms with van der Waals surface area (Å²) < 4.78 is 83.7. The van der Waals surface area contributed by atoms with E-state index < -0.39 is 30.0 Å². The Labute approximate surface area is 350 Å². The summed E-state index contributed by atoms with van der Waals surface area (Å²) >= 11 is 0. The average Bonchev–Trinajstić information content (AvgIpc) is 3.26. The van der Waals surface area contributed by atoms with Crippen LogP contribution in [0.2, 0.25) is 0 Å². The molecule has 0 aliphatic carbocycles.